The first-order chi connectivity index (χ1) is 30.5. The number of nitrogens with zero attached hydrogens (tertiary/aromatic N) is 3. The zero-order valence-electron chi connectivity index (χ0n) is 36.8. The van der Waals surface area contributed by atoms with Gasteiger partial charge in [-0.1, -0.05) is 65.6 Å². The molecule has 1 spiro atoms. The summed E-state index contributed by atoms with van der Waals surface area (Å²) < 4.78 is 62.6. The SMILES string of the molecule is COC(=O)C1(N(C(=O)C(F)(F)F)c2cccc(Cl)c2)CCC2(CC1)c1cc(OCCCC(=O)N(C)Cc3cccc(Br)c3)ccc1C[C@@H]2C[C@@H](C)COc1ccnc2c1[C@H](C)CCC2. The number of carbonyl (C=O) groups excluding carboxylic acids is 3. The van der Waals surface area contributed by atoms with Crippen LogP contribution in [0.2, 0.25) is 5.02 Å². The van der Waals surface area contributed by atoms with E-state index in [1.54, 1.807) is 11.9 Å². The molecule has 1 saturated carbocycles. The van der Waals surface area contributed by atoms with E-state index < -0.39 is 29.0 Å². The van der Waals surface area contributed by atoms with Gasteiger partial charge in [0.15, 0.2) is 0 Å². The van der Waals surface area contributed by atoms with Gasteiger partial charge in [0, 0.05) is 52.7 Å². The standard InChI is InChI=1S/C50H56BrClF3N3O6/c1-32(31-64-43-18-23-56-42-14-5-9-33(2)45(42)43)25-36-27-35-16-17-40(63-24-8-15-44(59)57(3)30-34-10-6-11-37(51)26-34)29-41(35)48(36)19-21-49(22-20-48,47(61)62-4)58(46(60)50(53,54)55)39-13-7-12-38(52)28-39/h6-7,10-13,16-18,23,26,28-29,32-33,36H,5,8-9,14-15,19-22,24-25,27,30-31H2,1-4H3/t32-,33-,36+,48?,49?/m1/s1. The number of methoxy groups -OCH3 is 1. The molecule has 4 aromatic rings. The second-order valence-electron chi connectivity index (χ2n) is 18.0. The van der Waals surface area contributed by atoms with Crippen molar-refractivity contribution in [2.45, 2.75) is 114 Å². The molecule has 0 unspecified atom stereocenters. The molecule has 0 bridgehead atoms. The van der Waals surface area contributed by atoms with Crippen molar-refractivity contribution in [3.8, 4) is 11.5 Å². The Hall–Kier alpha value is -4.62. The van der Waals surface area contributed by atoms with Crippen molar-refractivity contribution in [2.24, 2.45) is 11.8 Å². The Morgan fingerprint density at radius 3 is 2.48 bits per heavy atom. The van der Waals surface area contributed by atoms with E-state index in [1.807, 2.05) is 48.7 Å². The highest BCUT2D eigenvalue weighted by Gasteiger charge is 2.60. The van der Waals surface area contributed by atoms with Gasteiger partial charge in [0.25, 0.3) is 0 Å². The van der Waals surface area contributed by atoms with Crippen LogP contribution in [0.3, 0.4) is 0 Å². The van der Waals surface area contributed by atoms with Crippen molar-refractivity contribution < 1.29 is 41.8 Å². The first-order valence-electron chi connectivity index (χ1n) is 22.1. The third kappa shape index (κ3) is 10.1. The van der Waals surface area contributed by atoms with Crippen molar-refractivity contribution in [3.05, 3.63) is 116 Å². The van der Waals surface area contributed by atoms with Gasteiger partial charge in [0.2, 0.25) is 5.91 Å². The number of fused-ring (bicyclic) bond motifs is 3. The Morgan fingerprint density at radius 1 is 1.00 bits per heavy atom. The maximum atomic E-state index is 14.5. The van der Waals surface area contributed by atoms with Crippen LogP contribution >= 0.6 is 27.5 Å². The van der Waals surface area contributed by atoms with Crippen LogP contribution in [0, 0.1) is 11.8 Å². The molecule has 3 aliphatic carbocycles. The number of amides is 2. The van der Waals surface area contributed by atoms with Crippen LogP contribution in [0.5, 0.6) is 11.5 Å². The molecular formula is C50H56BrClF3N3O6. The van der Waals surface area contributed by atoms with Gasteiger partial charge in [-0.25, -0.2) is 4.79 Å². The first-order valence-corrected chi connectivity index (χ1v) is 23.3. The molecule has 1 aromatic heterocycles. The topological polar surface area (TPSA) is 98.3 Å². The minimum atomic E-state index is -5.28. The lowest BCUT2D eigenvalue weighted by Crippen LogP contribution is -2.63. The van der Waals surface area contributed by atoms with E-state index in [0.717, 1.165) is 65.4 Å². The zero-order chi connectivity index (χ0) is 45.8. The normalized spacial score (nSPS) is 22.0. The fourth-order valence-corrected chi connectivity index (χ4v) is 11.2. The summed E-state index contributed by atoms with van der Waals surface area (Å²) in [7, 11) is 2.92. The molecule has 0 radical (unpaired) electrons. The van der Waals surface area contributed by atoms with E-state index in [1.165, 1.54) is 29.8 Å². The highest BCUT2D eigenvalue weighted by molar-refractivity contribution is 9.10. The van der Waals surface area contributed by atoms with E-state index >= 15 is 0 Å². The summed E-state index contributed by atoms with van der Waals surface area (Å²) in [6.45, 7) is 5.62. The molecule has 1 heterocycles. The van der Waals surface area contributed by atoms with Gasteiger partial charge < -0.3 is 19.1 Å². The largest absolute Gasteiger partial charge is 0.494 e. The number of alkyl halides is 3. The number of anilines is 1. The molecule has 3 aliphatic rings. The number of aromatic nitrogens is 1. The number of carbonyl (C=O) groups is 3. The summed E-state index contributed by atoms with van der Waals surface area (Å²) >= 11 is 9.76. The second kappa shape index (κ2) is 19.9. The lowest BCUT2D eigenvalue weighted by Gasteiger charge is -2.51. The lowest BCUT2D eigenvalue weighted by molar-refractivity contribution is -0.174. The number of pyridine rings is 1. The minimum Gasteiger partial charge on any atom is -0.494 e. The molecule has 3 aromatic carbocycles. The quantitative estimate of drug-likeness (QED) is 0.0864. The smallest absolute Gasteiger partial charge is 0.471 e. The van der Waals surface area contributed by atoms with Gasteiger partial charge in [-0.2, -0.15) is 13.2 Å². The number of rotatable bonds is 15. The van der Waals surface area contributed by atoms with Gasteiger partial charge in [-0.3, -0.25) is 19.5 Å². The molecule has 14 heteroatoms. The Kier molecular flexibility index (Phi) is 14.7. The number of aryl methyl sites for hydroxylation is 1. The maximum absolute atomic E-state index is 14.5. The van der Waals surface area contributed by atoms with Crippen LogP contribution in [0.25, 0.3) is 0 Å². The summed E-state index contributed by atoms with van der Waals surface area (Å²) in [5, 5.41) is 0.122. The van der Waals surface area contributed by atoms with E-state index in [9.17, 15) is 27.6 Å². The second-order valence-corrected chi connectivity index (χ2v) is 19.3. The van der Waals surface area contributed by atoms with Crippen molar-refractivity contribution in [2.75, 3.05) is 32.3 Å². The molecule has 0 N–H and O–H groups in total. The average molecular weight is 967 g/mol. The first kappa shape index (κ1) is 47.3. The predicted octanol–water partition coefficient (Wildman–Crippen LogP) is 11.4. The monoisotopic (exact) mass is 965 g/mol. The number of benzene rings is 3. The number of hydrogen-bond donors (Lipinski definition) is 0. The van der Waals surface area contributed by atoms with E-state index in [2.05, 4.69) is 40.8 Å². The van der Waals surface area contributed by atoms with Crippen molar-refractivity contribution in [1.82, 2.24) is 9.88 Å². The number of hydrogen-bond acceptors (Lipinski definition) is 7. The zero-order valence-corrected chi connectivity index (χ0v) is 39.2. The summed E-state index contributed by atoms with van der Waals surface area (Å²) in [5.74, 6) is -1.11. The molecule has 64 heavy (non-hydrogen) atoms. The summed E-state index contributed by atoms with van der Waals surface area (Å²) in [6, 6.07) is 21.4. The van der Waals surface area contributed by atoms with Crippen LogP contribution in [-0.4, -0.2) is 66.8 Å². The molecule has 342 valence electrons. The highest BCUT2D eigenvalue weighted by Crippen LogP contribution is 2.58. The summed E-state index contributed by atoms with van der Waals surface area (Å²) in [5.41, 5.74) is 2.76. The van der Waals surface area contributed by atoms with Crippen molar-refractivity contribution >= 4 is 51.0 Å². The molecular weight excluding hydrogens is 911 g/mol. The van der Waals surface area contributed by atoms with Crippen molar-refractivity contribution in [1.29, 1.82) is 0 Å². The fraction of sp³-hybridized carbons (Fsp3) is 0.480. The summed E-state index contributed by atoms with van der Waals surface area (Å²) in [6.07, 6.45) is 2.32. The molecule has 9 nitrogen and oxygen atoms in total. The third-order valence-corrected chi connectivity index (χ3v) is 14.4. The number of halogens is 5. The predicted molar refractivity (Wildman–Crippen MR) is 244 cm³/mol. The Morgan fingerprint density at radius 2 is 1.77 bits per heavy atom. The summed E-state index contributed by atoms with van der Waals surface area (Å²) in [4.78, 5) is 47.4. The lowest BCUT2D eigenvalue weighted by atomic mass is 9.59. The van der Waals surface area contributed by atoms with E-state index in [0.29, 0.717) is 68.4 Å². The van der Waals surface area contributed by atoms with Gasteiger partial charge in [-0.15, -0.1) is 0 Å². The van der Waals surface area contributed by atoms with Gasteiger partial charge in [0.05, 0.1) is 20.3 Å². The molecule has 7 rings (SSSR count). The number of esters is 1. The Labute approximate surface area is 387 Å². The Balaban J connectivity index is 1.14. The van der Waals surface area contributed by atoms with Crippen LogP contribution in [0.15, 0.2) is 83.5 Å². The van der Waals surface area contributed by atoms with Gasteiger partial charge in [0.1, 0.15) is 17.0 Å². The van der Waals surface area contributed by atoms with Gasteiger partial charge >= 0.3 is 18.1 Å². The Bertz CT molecular complexity index is 2340. The van der Waals surface area contributed by atoms with Crippen LogP contribution < -0.4 is 14.4 Å². The van der Waals surface area contributed by atoms with Crippen molar-refractivity contribution in [3.63, 3.8) is 0 Å². The molecule has 2 amide bonds. The number of ether oxygens (including phenoxy) is 3. The molecule has 0 aliphatic heterocycles. The van der Waals surface area contributed by atoms with Gasteiger partial charge in [-0.05, 0) is 153 Å². The van der Waals surface area contributed by atoms with E-state index in [4.69, 9.17) is 25.8 Å². The average Bonchev–Trinajstić information content (AvgIpc) is 3.55. The fourth-order valence-electron chi connectivity index (χ4n) is 10.5. The minimum absolute atomic E-state index is 0.00266. The van der Waals surface area contributed by atoms with E-state index in [-0.39, 0.29) is 41.3 Å². The van der Waals surface area contributed by atoms with Crippen LogP contribution in [0.1, 0.15) is 106 Å². The highest BCUT2D eigenvalue weighted by atomic mass is 79.9. The maximum Gasteiger partial charge on any atom is 0.471 e. The third-order valence-electron chi connectivity index (χ3n) is 13.7. The molecule has 3 atom stereocenters. The van der Waals surface area contributed by atoms with Crippen LogP contribution in [0.4, 0.5) is 18.9 Å². The molecule has 0 saturated heterocycles. The van der Waals surface area contributed by atoms with Crippen LogP contribution in [-0.2, 0) is 43.9 Å². The molecule has 1 fully saturated rings.